The van der Waals surface area contributed by atoms with E-state index in [-0.39, 0.29) is 10.6 Å². The molecule has 0 unspecified atom stereocenters. The lowest BCUT2D eigenvalue weighted by Gasteiger charge is -2.12. The van der Waals surface area contributed by atoms with Gasteiger partial charge < -0.3 is 4.84 Å². The van der Waals surface area contributed by atoms with Crippen LogP contribution in [-0.4, -0.2) is 8.42 Å². The standard InChI is InChI=1S/C18H13BrFNO3S/c19-14-6-4-5-13(11-14)17-12-15(20)9-10-18(17)24-21-25(22,23)16-7-2-1-3-8-16/h1-12,21H. The van der Waals surface area contributed by atoms with Gasteiger partial charge in [-0.25, -0.2) is 12.8 Å². The van der Waals surface area contributed by atoms with Crippen molar-refractivity contribution in [2.45, 2.75) is 4.90 Å². The Morgan fingerprint density at radius 3 is 2.40 bits per heavy atom. The van der Waals surface area contributed by atoms with Gasteiger partial charge in [0, 0.05) is 10.0 Å². The predicted octanol–water partition coefficient (Wildman–Crippen LogP) is 4.53. The van der Waals surface area contributed by atoms with Crippen molar-refractivity contribution in [3.63, 3.8) is 0 Å². The number of hydrogen-bond acceptors (Lipinski definition) is 3. The van der Waals surface area contributed by atoms with Gasteiger partial charge in [0.25, 0.3) is 10.0 Å². The Morgan fingerprint density at radius 1 is 0.920 bits per heavy atom. The zero-order valence-electron chi connectivity index (χ0n) is 12.8. The number of sulfonamides is 1. The lowest BCUT2D eigenvalue weighted by atomic mass is 10.0. The third-order valence-electron chi connectivity index (χ3n) is 3.39. The summed E-state index contributed by atoms with van der Waals surface area (Å²) in [6.45, 7) is 0. The maximum atomic E-state index is 13.7. The van der Waals surface area contributed by atoms with Crippen LogP contribution in [0, 0.1) is 5.82 Å². The Bertz CT molecular complexity index is 994. The average molecular weight is 422 g/mol. The highest BCUT2D eigenvalue weighted by atomic mass is 79.9. The van der Waals surface area contributed by atoms with Crippen molar-refractivity contribution in [3.05, 3.63) is 83.1 Å². The zero-order valence-corrected chi connectivity index (χ0v) is 15.2. The van der Waals surface area contributed by atoms with E-state index in [1.165, 1.54) is 30.3 Å². The Kier molecular flexibility index (Phi) is 5.17. The van der Waals surface area contributed by atoms with Crippen LogP contribution in [0.5, 0.6) is 5.75 Å². The highest BCUT2D eigenvalue weighted by Gasteiger charge is 2.16. The Labute approximate surface area is 153 Å². The van der Waals surface area contributed by atoms with Crippen LogP contribution in [0.2, 0.25) is 0 Å². The van der Waals surface area contributed by atoms with Crippen LogP contribution in [0.25, 0.3) is 11.1 Å². The molecule has 0 bridgehead atoms. The molecule has 0 fully saturated rings. The van der Waals surface area contributed by atoms with Crippen molar-refractivity contribution in [1.82, 2.24) is 4.89 Å². The fourth-order valence-electron chi connectivity index (χ4n) is 2.22. The van der Waals surface area contributed by atoms with Crippen LogP contribution < -0.4 is 9.72 Å². The molecule has 0 heterocycles. The molecule has 128 valence electrons. The average Bonchev–Trinajstić information content (AvgIpc) is 2.61. The molecule has 0 spiro atoms. The summed E-state index contributed by atoms with van der Waals surface area (Å²) in [7, 11) is -3.85. The van der Waals surface area contributed by atoms with E-state index in [1.54, 1.807) is 36.4 Å². The molecule has 0 atom stereocenters. The van der Waals surface area contributed by atoms with Gasteiger partial charge in [-0.1, -0.05) is 46.3 Å². The third-order valence-corrected chi connectivity index (χ3v) is 5.08. The minimum atomic E-state index is -3.85. The number of benzene rings is 3. The first-order valence-corrected chi connectivity index (χ1v) is 9.52. The minimum absolute atomic E-state index is 0.0705. The van der Waals surface area contributed by atoms with Gasteiger partial charge in [0.05, 0.1) is 4.90 Å². The molecule has 0 aliphatic carbocycles. The predicted molar refractivity (Wildman–Crippen MR) is 96.9 cm³/mol. The number of halogens is 2. The number of rotatable bonds is 5. The maximum Gasteiger partial charge on any atom is 0.271 e. The second kappa shape index (κ2) is 7.35. The van der Waals surface area contributed by atoms with Gasteiger partial charge in [-0.15, -0.1) is 0 Å². The van der Waals surface area contributed by atoms with E-state index in [1.807, 2.05) is 6.07 Å². The molecule has 0 saturated carbocycles. The van der Waals surface area contributed by atoms with Crippen LogP contribution >= 0.6 is 15.9 Å². The van der Waals surface area contributed by atoms with Crippen molar-refractivity contribution >= 4 is 26.0 Å². The summed E-state index contributed by atoms with van der Waals surface area (Å²) in [5.41, 5.74) is 1.11. The van der Waals surface area contributed by atoms with Crippen LogP contribution in [0.4, 0.5) is 4.39 Å². The SMILES string of the molecule is O=S(=O)(NOc1ccc(F)cc1-c1cccc(Br)c1)c1ccccc1. The fraction of sp³-hybridized carbons (Fsp3) is 0. The molecule has 0 aromatic heterocycles. The van der Waals surface area contributed by atoms with Gasteiger partial charge in [0.2, 0.25) is 0 Å². The Morgan fingerprint density at radius 2 is 1.68 bits per heavy atom. The van der Waals surface area contributed by atoms with E-state index in [4.69, 9.17) is 4.84 Å². The second-order valence-corrected chi connectivity index (χ2v) is 7.71. The smallest absolute Gasteiger partial charge is 0.271 e. The molecule has 7 heteroatoms. The maximum absolute atomic E-state index is 13.7. The molecule has 3 aromatic carbocycles. The van der Waals surface area contributed by atoms with Crippen molar-refractivity contribution < 1.29 is 17.6 Å². The normalized spacial score (nSPS) is 11.3. The topological polar surface area (TPSA) is 55.4 Å². The first-order chi connectivity index (χ1) is 12.0. The summed E-state index contributed by atoms with van der Waals surface area (Å²) >= 11 is 3.36. The van der Waals surface area contributed by atoms with E-state index in [2.05, 4.69) is 20.8 Å². The van der Waals surface area contributed by atoms with Gasteiger partial charge >= 0.3 is 0 Å². The van der Waals surface area contributed by atoms with Crippen molar-refractivity contribution in [2.24, 2.45) is 0 Å². The molecule has 3 aromatic rings. The molecule has 1 N–H and O–H groups in total. The van der Waals surface area contributed by atoms with Crippen LogP contribution in [0.1, 0.15) is 0 Å². The zero-order chi connectivity index (χ0) is 17.9. The van der Waals surface area contributed by atoms with Gasteiger partial charge in [-0.05, 0) is 52.9 Å². The molecule has 4 nitrogen and oxygen atoms in total. The molecule has 0 amide bonds. The number of hydrogen-bond donors (Lipinski definition) is 1. The summed E-state index contributed by atoms with van der Waals surface area (Å²) in [4.78, 5) is 7.43. The Balaban J connectivity index is 1.91. The van der Waals surface area contributed by atoms with Crippen LogP contribution in [0.15, 0.2) is 82.2 Å². The number of nitrogens with one attached hydrogen (secondary N) is 1. The summed E-state index contributed by atoms with van der Waals surface area (Å²) in [6, 6.07) is 18.9. The lowest BCUT2D eigenvalue weighted by molar-refractivity contribution is 0.270. The van der Waals surface area contributed by atoms with Crippen LogP contribution in [0.3, 0.4) is 0 Å². The quantitative estimate of drug-likeness (QED) is 0.615. The summed E-state index contributed by atoms with van der Waals surface area (Å²) < 4.78 is 39.0. The van der Waals surface area contributed by atoms with E-state index in [0.717, 1.165) is 4.47 Å². The van der Waals surface area contributed by atoms with Crippen LogP contribution in [-0.2, 0) is 10.0 Å². The largest absolute Gasteiger partial charge is 0.393 e. The summed E-state index contributed by atoms with van der Waals surface area (Å²) in [5, 5.41) is 0. The fourth-order valence-corrected chi connectivity index (χ4v) is 3.43. The van der Waals surface area contributed by atoms with Gasteiger partial charge in [0.15, 0.2) is 5.75 Å². The Hall–Kier alpha value is -2.22. The summed E-state index contributed by atoms with van der Waals surface area (Å²) in [6.07, 6.45) is 0. The van der Waals surface area contributed by atoms with Crippen molar-refractivity contribution in [2.75, 3.05) is 0 Å². The van der Waals surface area contributed by atoms with Gasteiger partial charge in [-0.2, -0.15) is 0 Å². The van der Waals surface area contributed by atoms with Crippen molar-refractivity contribution in [1.29, 1.82) is 0 Å². The van der Waals surface area contributed by atoms with E-state index in [0.29, 0.717) is 11.1 Å². The van der Waals surface area contributed by atoms with Gasteiger partial charge in [0.1, 0.15) is 5.82 Å². The van der Waals surface area contributed by atoms with E-state index < -0.39 is 15.8 Å². The minimum Gasteiger partial charge on any atom is -0.393 e. The first kappa shape index (κ1) is 17.6. The molecular weight excluding hydrogens is 409 g/mol. The van der Waals surface area contributed by atoms with Crippen molar-refractivity contribution in [3.8, 4) is 16.9 Å². The van der Waals surface area contributed by atoms with E-state index in [9.17, 15) is 12.8 Å². The highest BCUT2D eigenvalue weighted by molar-refractivity contribution is 9.10. The molecular formula is C18H13BrFNO3S. The summed E-state index contributed by atoms with van der Waals surface area (Å²) in [5.74, 6) is -0.257. The monoisotopic (exact) mass is 421 g/mol. The highest BCUT2D eigenvalue weighted by Crippen LogP contribution is 2.32. The molecule has 0 aliphatic rings. The lowest BCUT2D eigenvalue weighted by Crippen LogP contribution is -2.27. The van der Waals surface area contributed by atoms with E-state index >= 15 is 0 Å². The second-order valence-electron chi connectivity index (χ2n) is 5.15. The molecule has 25 heavy (non-hydrogen) atoms. The molecule has 0 aliphatic heterocycles. The first-order valence-electron chi connectivity index (χ1n) is 7.25. The third kappa shape index (κ3) is 4.25. The molecule has 0 saturated heterocycles. The van der Waals surface area contributed by atoms with Gasteiger partial charge in [-0.3, -0.25) is 0 Å². The molecule has 0 radical (unpaired) electrons. The molecule has 3 rings (SSSR count).